The maximum atomic E-state index is 12.2. The van der Waals surface area contributed by atoms with Crippen molar-refractivity contribution in [3.05, 3.63) is 64.3 Å². The monoisotopic (exact) mass is 300 g/mol. The SMILES string of the molecule is NC(=O)C1=Cc2c(Cc3ccccn3)cccc2S1(=O)=O. The largest absolute Gasteiger partial charge is 0.365 e. The van der Waals surface area contributed by atoms with Crippen LogP contribution in [0.5, 0.6) is 0 Å². The van der Waals surface area contributed by atoms with E-state index >= 15 is 0 Å². The minimum atomic E-state index is -3.79. The molecule has 0 unspecified atom stereocenters. The smallest absolute Gasteiger partial charge is 0.260 e. The van der Waals surface area contributed by atoms with Gasteiger partial charge < -0.3 is 5.73 Å². The van der Waals surface area contributed by atoms with Crippen LogP contribution < -0.4 is 5.73 Å². The number of hydrogen-bond donors (Lipinski definition) is 1. The molecule has 2 aromatic rings. The van der Waals surface area contributed by atoms with Gasteiger partial charge in [0.15, 0.2) is 0 Å². The lowest BCUT2D eigenvalue weighted by Crippen LogP contribution is -2.18. The first-order valence-corrected chi connectivity index (χ1v) is 7.77. The maximum Gasteiger partial charge on any atom is 0.260 e. The summed E-state index contributed by atoms with van der Waals surface area (Å²) in [6, 6.07) is 10.5. The predicted molar refractivity (Wildman–Crippen MR) is 77.8 cm³/mol. The summed E-state index contributed by atoms with van der Waals surface area (Å²) in [5.41, 5.74) is 7.30. The topological polar surface area (TPSA) is 90.1 Å². The molecule has 0 bridgehead atoms. The minimum absolute atomic E-state index is 0.129. The Hall–Kier alpha value is -2.47. The van der Waals surface area contributed by atoms with Crippen molar-refractivity contribution in [3.63, 3.8) is 0 Å². The first-order valence-electron chi connectivity index (χ1n) is 6.28. The van der Waals surface area contributed by atoms with Gasteiger partial charge in [0.25, 0.3) is 5.91 Å². The molecule has 0 radical (unpaired) electrons. The molecule has 5 nitrogen and oxygen atoms in total. The molecule has 3 rings (SSSR count). The zero-order chi connectivity index (χ0) is 15.0. The number of fused-ring (bicyclic) bond motifs is 1. The van der Waals surface area contributed by atoms with Gasteiger partial charge in [-0.15, -0.1) is 0 Å². The van der Waals surface area contributed by atoms with E-state index in [0.717, 1.165) is 11.3 Å². The fourth-order valence-electron chi connectivity index (χ4n) is 2.37. The zero-order valence-corrected chi connectivity index (χ0v) is 11.8. The summed E-state index contributed by atoms with van der Waals surface area (Å²) in [7, 11) is -3.79. The Morgan fingerprint density at radius 2 is 1.95 bits per heavy atom. The molecule has 1 aromatic carbocycles. The summed E-state index contributed by atoms with van der Waals surface area (Å²) in [4.78, 5) is 15.3. The van der Waals surface area contributed by atoms with Gasteiger partial charge in [-0.25, -0.2) is 8.42 Å². The number of sulfone groups is 1. The Morgan fingerprint density at radius 3 is 2.62 bits per heavy atom. The molecule has 0 aliphatic carbocycles. The fraction of sp³-hybridized carbons (Fsp3) is 0.0667. The van der Waals surface area contributed by atoms with Gasteiger partial charge in [0, 0.05) is 18.3 Å². The van der Waals surface area contributed by atoms with Crippen molar-refractivity contribution in [2.24, 2.45) is 5.73 Å². The van der Waals surface area contributed by atoms with E-state index in [1.54, 1.807) is 12.3 Å². The highest BCUT2D eigenvalue weighted by Gasteiger charge is 2.34. The molecule has 1 aromatic heterocycles. The standard InChI is InChI=1S/C15H12N2O3S/c16-15(18)14-9-12-10(8-11-5-1-2-7-17-11)4-3-6-13(12)21(14,19)20/h1-7,9H,8H2,(H2,16,18). The molecule has 6 heteroatoms. The highest BCUT2D eigenvalue weighted by molar-refractivity contribution is 7.96. The van der Waals surface area contributed by atoms with Crippen LogP contribution in [0.3, 0.4) is 0 Å². The average molecular weight is 300 g/mol. The van der Waals surface area contributed by atoms with Gasteiger partial charge in [0.05, 0.1) is 4.90 Å². The number of primary amides is 1. The third kappa shape index (κ3) is 2.23. The zero-order valence-electron chi connectivity index (χ0n) is 11.0. The van der Waals surface area contributed by atoms with Crippen LogP contribution in [0.25, 0.3) is 6.08 Å². The normalized spacial score (nSPS) is 15.3. The van der Waals surface area contributed by atoms with Crippen molar-refractivity contribution in [3.8, 4) is 0 Å². The van der Waals surface area contributed by atoms with E-state index in [1.165, 1.54) is 12.1 Å². The molecule has 1 aliphatic rings. The Bertz CT molecular complexity index is 856. The van der Waals surface area contributed by atoms with Crippen molar-refractivity contribution < 1.29 is 13.2 Å². The van der Waals surface area contributed by atoms with E-state index in [4.69, 9.17) is 5.73 Å². The summed E-state index contributed by atoms with van der Waals surface area (Å²) in [5, 5.41) is 0. The van der Waals surface area contributed by atoms with Crippen molar-refractivity contribution in [1.82, 2.24) is 4.98 Å². The number of nitrogens with zero attached hydrogens (tertiary/aromatic N) is 1. The molecule has 0 atom stereocenters. The number of amides is 1. The number of benzene rings is 1. The number of carbonyl (C=O) groups excluding carboxylic acids is 1. The molecule has 1 amide bonds. The number of nitrogens with two attached hydrogens (primary N) is 1. The lowest BCUT2D eigenvalue weighted by atomic mass is 10.0. The van der Waals surface area contributed by atoms with Crippen LogP contribution in [0.1, 0.15) is 16.8 Å². The number of hydrogen-bond acceptors (Lipinski definition) is 4. The minimum Gasteiger partial charge on any atom is -0.365 e. The van der Waals surface area contributed by atoms with Crippen LogP contribution in [0.15, 0.2) is 52.4 Å². The Kier molecular flexibility index (Phi) is 3.10. The lowest BCUT2D eigenvalue weighted by Gasteiger charge is -2.06. The van der Waals surface area contributed by atoms with E-state index in [-0.39, 0.29) is 9.80 Å². The van der Waals surface area contributed by atoms with Crippen LogP contribution in [0.2, 0.25) is 0 Å². The second kappa shape index (κ2) is 4.82. The van der Waals surface area contributed by atoms with E-state index in [2.05, 4.69) is 4.98 Å². The second-order valence-electron chi connectivity index (χ2n) is 4.70. The van der Waals surface area contributed by atoms with Crippen LogP contribution >= 0.6 is 0 Å². The van der Waals surface area contributed by atoms with Gasteiger partial charge in [-0.3, -0.25) is 9.78 Å². The van der Waals surface area contributed by atoms with E-state index < -0.39 is 15.7 Å². The molecule has 0 saturated heterocycles. The first kappa shape index (κ1) is 13.5. The van der Waals surface area contributed by atoms with Crippen molar-refractivity contribution in [2.45, 2.75) is 11.3 Å². The number of aromatic nitrogens is 1. The van der Waals surface area contributed by atoms with E-state index in [9.17, 15) is 13.2 Å². The van der Waals surface area contributed by atoms with E-state index in [0.29, 0.717) is 12.0 Å². The van der Waals surface area contributed by atoms with Gasteiger partial charge in [-0.1, -0.05) is 18.2 Å². The lowest BCUT2D eigenvalue weighted by molar-refractivity contribution is -0.113. The van der Waals surface area contributed by atoms with Gasteiger partial charge in [-0.05, 0) is 35.4 Å². The molecule has 0 saturated carbocycles. The third-order valence-corrected chi connectivity index (χ3v) is 5.18. The Balaban J connectivity index is 2.12. The Morgan fingerprint density at radius 1 is 1.14 bits per heavy atom. The molecule has 0 fully saturated rings. The van der Waals surface area contributed by atoms with Crippen LogP contribution in [0.4, 0.5) is 0 Å². The first-order chi connectivity index (χ1) is 10.00. The van der Waals surface area contributed by atoms with Crippen molar-refractivity contribution in [1.29, 1.82) is 0 Å². The molecule has 21 heavy (non-hydrogen) atoms. The summed E-state index contributed by atoms with van der Waals surface area (Å²) in [5.74, 6) is -0.935. The molecule has 2 heterocycles. The summed E-state index contributed by atoms with van der Waals surface area (Å²) < 4.78 is 24.5. The van der Waals surface area contributed by atoms with Crippen LogP contribution in [-0.4, -0.2) is 19.3 Å². The molecule has 0 spiro atoms. The summed E-state index contributed by atoms with van der Waals surface area (Å²) >= 11 is 0. The highest BCUT2D eigenvalue weighted by atomic mass is 32.2. The van der Waals surface area contributed by atoms with Gasteiger partial charge >= 0.3 is 0 Å². The maximum absolute atomic E-state index is 12.2. The third-order valence-electron chi connectivity index (χ3n) is 3.35. The number of carbonyl (C=O) groups is 1. The second-order valence-corrected chi connectivity index (χ2v) is 6.59. The van der Waals surface area contributed by atoms with E-state index in [1.807, 2.05) is 24.3 Å². The quantitative estimate of drug-likeness (QED) is 0.924. The van der Waals surface area contributed by atoms with Crippen LogP contribution in [0, 0.1) is 0 Å². The van der Waals surface area contributed by atoms with Gasteiger partial charge in [0.2, 0.25) is 9.84 Å². The number of rotatable bonds is 3. The van der Waals surface area contributed by atoms with Crippen molar-refractivity contribution in [2.75, 3.05) is 0 Å². The molecule has 106 valence electrons. The predicted octanol–water partition coefficient (Wildman–Crippen LogP) is 1.29. The highest BCUT2D eigenvalue weighted by Crippen LogP contribution is 2.35. The average Bonchev–Trinajstić information content (AvgIpc) is 2.73. The molecule has 1 aliphatic heterocycles. The van der Waals surface area contributed by atoms with Crippen molar-refractivity contribution >= 4 is 21.8 Å². The van der Waals surface area contributed by atoms with Gasteiger partial charge in [0.1, 0.15) is 4.91 Å². The molecular formula is C15H12N2O3S. The fourth-order valence-corrected chi connectivity index (χ4v) is 3.88. The Labute approximate surface area is 122 Å². The number of pyridine rings is 1. The van der Waals surface area contributed by atoms with Crippen LogP contribution in [-0.2, 0) is 21.1 Å². The summed E-state index contributed by atoms with van der Waals surface area (Å²) in [6.07, 6.45) is 3.52. The summed E-state index contributed by atoms with van der Waals surface area (Å²) in [6.45, 7) is 0. The van der Waals surface area contributed by atoms with Gasteiger partial charge in [-0.2, -0.15) is 0 Å². The molecule has 2 N–H and O–H groups in total. The molecular weight excluding hydrogens is 288 g/mol.